The minimum Gasteiger partial charge on any atom is -0.465 e. The predicted octanol–water partition coefficient (Wildman–Crippen LogP) is 1.90. The molecule has 164 valence electrons. The normalized spacial score (nSPS) is 11.3. The van der Waals surface area contributed by atoms with Crippen LogP contribution >= 0.6 is 0 Å². The van der Waals surface area contributed by atoms with Crippen LogP contribution in [0, 0.1) is 11.3 Å². The molecule has 1 heterocycles. The van der Waals surface area contributed by atoms with Gasteiger partial charge in [0.2, 0.25) is 5.82 Å². The summed E-state index contributed by atoms with van der Waals surface area (Å²) in [4.78, 5) is 23.6. The molecular weight excluding hydrogens is 404 g/mol. The molecule has 0 radical (unpaired) electrons. The van der Waals surface area contributed by atoms with Crippen molar-refractivity contribution < 1.29 is 19.1 Å². The van der Waals surface area contributed by atoms with Crippen molar-refractivity contribution in [2.24, 2.45) is 0 Å². The van der Waals surface area contributed by atoms with Crippen LogP contribution in [0.25, 0.3) is 5.57 Å². The Bertz CT molecular complexity index is 974. The van der Waals surface area contributed by atoms with E-state index in [0.29, 0.717) is 30.0 Å². The maximum Gasteiger partial charge on any atom is 0.407 e. The number of allylic oxidation sites excluding steroid dienone is 1. The Morgan fingerprint density at radius 1 is 1.26 bits per heavy atom. The summed E-state index contributed by atoms with van der Waals surface area (Å²) in [7, 11) is 1.29. The highest BCUT2D eigenvalue weighted by molar-refractivity contribution is 5.92. The van der Waals surface area contributed by atoms with Gasteiger partial charge in [-0.25, -0.2) is 9.59 Å². The summed E-state index contributed by atoms with van der Waals surface area (Å²) < 4.78 is 9.93. The molecule has 12 nitrogen and oxygen atoms in total. The molecule has 0 aliphatic carbocycles. The molecule has 0 spiro atoms. The van der Waals surface area contributed by atoms with Crippen LogP contribution in [-0.2, 0) is 9.47 Å². The van der Waals surface area contributed by atoms with Crippen molar-refractivity contribution in [1.29, 1.82) is 5.26 Å². The Hall–Kier alpha value is -4.14. The summed E-state index contributed by atoms with van der Waals surface area (Å²) in [5.41, 5.74) is 0.988. The second kappa shape index (κ2) is 10.6. The summed E-state index contributed by atoms with van der Waals surface area (Å²) in [6.45, 7) is 6.02. The van der Waals surface area contributed by atoms with E-state index in [1.807, 2.05) is 6.07 Å². The average molecular weight is 428 g/mol. The fourth-order valence-electron chi connectivity index (χ4n) is 2.31. The number of nitrogens with one attached hydrogen (secondary N) is 4. The van der Waals surface area contributed by atoms with Crippen LogP contribution in [0.5, 0.6) is 0 Å². The Morgan fingerprint density at radius 2 is 2.03 bits per heavy atom. The summed E-state index contributed by atoms with van der Waals surface area (Å²) in [6, 6.07) is 6.80. The Kier molecular flexibility index (Phi) is 7.90. The van der Waals surface area contributed by atoms with E-state index in [0.717, 1.165) is 0 Å². The predicted molar refractivity (Wildman–Crippen MR) is 112 cm³/mol. The molecule has 4 N–H and O–H groups in total. The molecule has 1 amide bonds. The van der Waals surface area contributed by atoms with E-state index in [4.69, 9.17) is 9.47 Å². The number of anilines is 2. The zero-order valence-corrected chi connectivity index (χ0v) is 17.6. The average Bonchev–Trinajstić information content (AvgIpc) is 3.25. The van der Waals surface area contributed by atoms with Crippen LogP contribution in [0.1, 0.15) is 37.0 Å². The maximum atomic E-state index is 11.9. The number of aromatic amines is 1. The van der Waals surface area contributed by atoms with Crippen LogP contribution < -0.4 is 16.0 Å². The summed E-state index contributed by atoms with van der Waals surface area (Å²) in [5, 5.41) is 31.3. The molecular formula is C19H24N8O4. The molecule has 1 aromatic heterocycles. The third-order valence-electron chi connectivity index (χ3n) is 3.63. The van der Waals surface area contributed by atoms with Gasteiger partial charge in [0.05, 0.1) is 24.0 Å². The number of nitrogens with zero attached hydrogens (tertiary/aromatic N) is 4. The molecule has 12 heteroatoms. The fraction of sp³-hybridized carbons (Fsp3) is 0.368. The number of carbonyl (C=O) groups excluding carboxylic acids is 2. The standard InChI is InChI=1S/C19H24N8O4/c1-19(2,3)31-18(29)22-8-7-21-14-6-5-12(17(28)30-4)9-15(14)23-11-13(10-20)16-24-26-27-25-16/h5-6,9,11,21,23H,7-8H2,1-4H3,(H,22,29)(H,24,25,26,27). The van der Waals surface area contributed by atoms with Gasteiger partial charge in [0.15, 0.2) is 0 Å². The first-order chi connectivity index (χ1) is 14.7. The van der Waals surface area contributed by atoms with Gasteiger partial charge in [-0.1, -0.05) is 0 Å². The molecule has 0 aliphatic rings. The van der Waals surface area contributed by atoms with E-state index in [2.05, 4.69) is 36.6 Å². The second-order valence-electron chi connectivity index (χ2n) is 7.16. The smallest absolute Gasteiger partial charge is 0.407 e. The van der Waals surface area contributed by atoms with Gasteiger partial charge < -0.3 is 25.4 Å². The molecule has 0 saturated heterocycles. The number of esters is 1. The number of tetrazole rings is 1. The van der Waals surface area contributed by atoms with E-state index >= 15 is 0 Å². The van der Waals surface area contributed by atoms with Gasteiger partial charge >= 0.3 is 12.1 Å². The first-order valence-corrected chi connectivity index (χ1v) is 9.27. The van der Waals surface area contributed by atoms with E-state index in [-0.39, 0.29) is 11.4 Å². The summed E-state index contributed by atoms with van der Waals surface area (Å²) >= 11 is 0. The third kappa shape index (κ3) is 7.32. The zero-order chi connectivity index (χ0) is 22.9. The number of benzene rings is 1. The minimum absolute atomic E-state index is 0.121. The summed E-state index contributed by atoms with van der Waals surface area (Å²) in [5.74, 6) is -0.390. The number of carbonyl (C=O) groups is 2. The van der Waals surface area contributed by atoms with Gasteiger partial charge in [-0.05, 0) is 44.2 Å². The van der Waals surface area contributed by atoms with Gasteiger partial charge in [0, 0.05) is 19.3 Å². The Balaban J connectivity index is 2.10. The molecule has 0 fully saturated rings. The second-order valence-corrected chi connectivity index (χ2v) is 7.16. The molecule has 0 aliphatic heterocycles. The molecule has 31 heavy (non-hydrogen) atoms. The SMILES string of the molecule is COC(=O)c1ccc(NCCNC(=O)OC(C)(C)C)c(NC=C(C#N)c2nn[nH]n2)c1. The monoisotopic (exact) mass is 428 g/mol. The van der Waals surface area contributed by atoms with Crippen molar-refractivity contribution in [3.05, 3.63) is 35.8 Å². The lowest BCUT2D eigenvalue weighted by Gasteiger charge is -2.20. The van der Waals surface area contributed by atoms with Crippen LogP contribution in [0.4, 0.5) is 16.2 Å². The molecule has 0 atom stereocenters. The van der Waals surface area contributed by atoms with E-state index < -0.39 is 17.7 Å². The molecule has 1 aromatic carbocycles. The van der Waals surface area contributed by atoms with Crippen molar-refractivity contribution in [2.75, 3.05) is 30.8 Å². The zero-order valence-electron chi connectivity index (χ0n) is 17.6. The number of hydrogen-bond acceptors (Lipinski definition) is 10. The van der Waals surface area contributed by atoms with Crippen molar-refractivity contribution in [3.63, 3.8) is 0 Å². The molecule has 2 aromatic rings. The number of H-pyrrole nitrogens is 1. The van der Waals surface area contributed by atoms with Crippen molar-refractivity contribution >= 4 is 29.0 Å². The van der Waals surface area contributed by atoms with Crippen LogP contribution in [0.15, 0.2) is 24.4 Å². The van der Waals surface area contributed by atoms with Crippen LogP contribution in [0.3, 0.4) is 0 Å². The highest BCUT2D eigenvalue weighted by Crippen LogP contribution is 2.24. The number of hydrogen-bond donors (Lipinski definition) is 4. The first-order valence-electron chi connectivity index (χ1n) is 9.27. The lowest BCUT2D eigenvalue weighted by Crippen LogP contribution is -2.35. The quantitative estimate of drug-likeness (QED) is 0.277. The number of methoxy groups -OCH3 is 1. The van der Waals surface area contributed by atoms with Crippen molar-refractivity contribution in [1.82, 2.24) is 25.9 Å². The minimum atomic E-state index is -0.582. The van der Waals surface area contributed by atoms with Gasteiger partial charge in [-0.3, -0.25) is 0 Å². The molecule has 2 rings (SSSR count). The number of aromatic nitrogens is 4. The van der Waals surface area contributed by atoms with E-state index in [9.17, 15) is 14.9 Å². The number of nitriles is 1. The summed E-state index contributed by atoms with van der Waals surface area (Å²) in [6.07, 6.45) is 0.876. The van der Waals surface area contributed by atoms with Gasteiger partial charge in [-0.15, -0.1) is 10.2 Å². The molecule has 0 saturated carbocycles. The number of rotatable bonds is 8. The highest BCUT2D eigenvalue weighted by atomic mass is 16.6. The number of ether oxygens (including phenoxy) is 2. The lowest BCUT2D eigenvalue weighted by atomic mass is 10.1. The van der Waals surface area contributed by atoms with Crippen LogP contribution in [-0.4, -0.2) is 58.5 Å². The van der Waals surface area contributed by atoms with Gasteiger partial charge in [-0.2, -0.15) is 10.5 Å². The topological polar surface area (TPSA) is 167 Å². The fourth-order valence-corrected chi connectivity index (χ4v) is 2.31. The molecule has 0 unspecified atom stereocenters. The van der Waals surface area contributed by atoms with E-state index in [1.54, 1.807) is 39.0 Å². The Labute approximate surface area is 179 Å². The van der Waals surface area contributed by atoms with E-state index in [1.165, 1.54) is 13.3 Å². The molecule has 0 bridgehead atoms. The highest BCUT2D eigenvalue weighted by Gasteiger charge is 2.15. The number of amides is 1. The van der Waals surface area contributed by atoms with Crippen molar-refractivity contribution in [3.8, 4) is 6.07 Å². The lowest BCUT2D eigenvalue weighted by molar-refractivity contribution is 0.0528. The third-order valence-corrected chi connectivity index (χ3v) is 3.63. The Morgan fingerprint density at radius 3 is 2.65 bits per heavy atom. The maximum absolute atomic E-state index is 11.9. The van der Waals surface area contributed by atoms with Gasteiger partial charge in [0.25, 0.3) is 0 Å². The first kappa shape index (κ1) is 23.1. The van der Waals surface area contributed by atoms with Crippen LogP contribution in [0.2, 0.25) is 0 Å². The van der Waals surface area contributed by atoms with Crippen molar-refractivity contribution in [2.45, 2.75) is 26.4 Å². The number of alkyl carbamates (subject to hydrolysis) is 1. The largest absolute Gasteiger partial charge is 0.465 e. The van der Waals surface area contributed by atoms with Gasteiger partial charge in [0.1, 0.15) is 17.2 Å².